The third-order valence-electron chi connectivity index (χ3n) is 2.45. The van der Waals surface area contributed by atoms with Gasteiger partial charge in [0, 0.05) is 22.0 Å². The quantitative estimate of drug-likeness (QED) is 0.656. The Morgan fingerprint density at radius 3 is 2.50 bits per heavy atom. The molecular weight excluding hydrogens is 174 g/mol. The minimum Gasteiger partial charge on any atom is -0.507 e. The van der Waals surface area contributed by atoms with E-state index in [1.807, 2.05) is 18.2 Å². The summed E-state index contributed by atoms with van der Waals surface area (Å²) in [6.07, 6.45) is 0. The molecule has 0 radical (unpaired) electrons. The average molecular weight is 189 g/mol. The van der Waals surface area contributed by atoms with E-state index in [2.05, 4.69) is 25.8 Å². The van der Waals surface area contributed by atoms with Gasteiger partial charge < -0.3 is 10.1 Å². The molecule has 0 spiro atoms. The number of rotatable bonds is 0. The lowest BCUT2D eigenvalue weighted by Gasteiger charge is -2.15. The number of phenolic OH excluding ortho intramolecular Hbond substituents is 1. The van der Waals surface area contributed by atoms with Gasteiger partial charge in [-0.1, -0.05) is 26.8 Å². The van der Waals surface area contributed by atoms with Crippen molar-refractivity contribution >= 4 is 10.9 Å². The number of aromatic amines is 1. The van der Waals surface area contributed by atoms with Gasteiger partial charge in [-0.15, -0.1) is 0 Å². The lowest BCUT2D eigenvalue weighted by atomic mass is 9.92. The molecule has 0 aliphatic carbocycles. The maximum atomic E-state index is 9.63. The maximum Gasteiger partial charge on any atom is 0.124 e. The van der Waals surface area contributed by atoms with Gasteiger partial charge in [-0.05, 0) is 18.2 Å². The zero-order valence-corrected chi connectivity index (χ0v) is 8.76. The lowest BCUT2D eigenvalue weighted by molar-refractivity contribution is 0.481. The zero-order chi connectivity index (χ0) is 10.3. The van der Waals surface area contributed by atoms with E-state index >= 15 is 0 Å². The van der Waals surface area contributed by atoms with E-state index in [9.17, 15) is 5.11 Å². The van der Waals surface area contributed by atoms with Crippen molar-refractivity contribution in [3.63, 3.8) is 0 Å². The second-order valence-electron chi connectivity index (χ2n) is 4.67. The van der Waals surface area contributed by atoms with Crippen LogP contribution in [0.4, 0.5) is 0 Å². The summed E-state index contributed by atoms with van der Waals surface area (Å²) in [6.45, 7) is 6.44. The molecule has 0 saturated carbocycles. The fraction of sp³-hybridized carbons (Fsp3) is 0.333. The van der Waals surface area contributed by atoms with E-state index in [0.29, 0.717) is 5.75 Å². The fourth-order valence-corrected chi connectivity index (χ4v) is 1.54. The molecule has 0 amide bonds. The smallest absolute Gasteiger partial charge is 0.124 e. The van der Waals surface area contributed by atoms with Crippen LogP contribution in [0, 0.1) is 0 Å². The molecule has 0 aliphatic heterocycles. The molecule has 0 atom stereocenters. The fourth-order valence-electron chi connectivity index (χ4n) is 1.54. The Labute approximate surface area is 83.6 Å². The number of H-pyrrole nitrogens is 1. The van der Waals surface area contributed by atoms with Gasteiger partial charge in [0.2, 0.25) is 0 Å². The second-order valence-corrected chi connectivity index (χ2v) is 4.67. The van der Waals surface area contributed by atoms with Crippen molar-refractivity contribution in [1.82, 2.24) is 4.98 Å². The number of nitrogens with one attached hydrogen (secondary N) is 1. The van der Waals surface area contributed by atoms with E-state index in [4.69, 9.17) is 0 Å². The Morgan fingerprint density at radius 1 is 1.21 bits per heavy atom. The molecule has 2 aromatic rings. The van der Waals surface area contributed by atoms with E-state index in [0.717, 1.165) is 16.6 Å². The molecule has 1 heterocycles. The summed E-state index contributed by atoms with van der Waals surface area (Å²) in [5, 5.41) is 10.5. The Hall–Kier alpha value is -1.44. The van der Waals surface area contributed by atoms with Crippen LogP contribution in [0.25, 0.3) is 10.9 Å². The third kappa shape index (κ3) is 1.37. The number of aromatic nitrogens is 1. The first-order valence-electron chi connectivity index (χ1n) is 4.79. The first-order chi connectivity index (χ1) is 6.48. The molecule has 74 valence electrons. The zero-order valence-electron chi connectivity index (χ0n) is 8.76. The van der Waals surface area contributed by atoms with E-state index < -0.39 is 0 Å². The van der Waals surface area contributed by atoms with Gasteiger partial charge >= 0.3 is 0 Å². The summed E-state index contributed by atoms with van der Waals surface area (Å²) in [5.74, 6) is 0.342. The number of phenols is 1. The summed E-state index contributed by atoms with van der Waals surface area (Å²) in [7, 11) is 0. The molecule has 14 heavy (non-hydrogen) atoms. The van der Waals surface area contributed by atoms with Crippen molar-refractivity contribution in [3.8, 4) is 5.75 Å². The third-order valence-corrected chi connectivity index (χ3v) is 2.45. The Balaban J connectivity index is 2.69. The highest BCUT2D eigenvalue weighted by Gasteiger charge is 2.16. The highest BCUT2D eigenvalue weighted by Crippen LogP contribution is 2.30. The van der Waals surface area contributed by atoms with Crippen LogP contribution in [0.5, 0.6) is 5.75 Å². The molecule has 2 rings (SSSR count). The summed E-state index contributed by atoms with van der Waals surface area (Å²) in [4.78, 5) is 3.32. The normalized spacial score (nSPS) is 12.2. The van der Waals surface area contributed by atoms with Crippen LogP contribution in [0.15, 0.2) is 24.3 Å². The molecule has 1 aromatic heterocycles. The summed E-state index contributed by atoms with van der Waals surface area (Å²) in [6, 6.07) is 7.55. The summed E-state index contributed by atoms with van der Waals surface area (Å²) in [5.41, 5.74) is 2.23. The molecule has 1 aromatic carbocycles. The van der Waals surface area contributed by atoms with Gasteiger partial charge in [0.05, 0.1) is 0 Å². The monoisotopic (exact) mass is 189 g/mol. The highest BCUT2D eigenvalue weighted by atomic mass is 16.3. The number of fused-ring (bicyclic) bond motifs is 1. The van der Waals surface area contributed by atoms with Crippen molar-refractivity contribution < 1.29 is 5.11 Å². The highest BCUT2D eigenvalue weighted by molar-refractivity contribution is 5.86. The topological polar surface area (TPSA) is 36.0 Å². The molecule has 0 bridgehead atoms. The molecule has 0 aliphatic rings. The molecule has 0 unspecified atom stereocenters. The van der Waals surface area contributed by atoms with Crippen LogP contribution in [0.1, 0.15) is 26.5 Å². The maximum absolute atomic E-state index is 9.63. The van der Waals surface area contributed by atoms with Gasteiger partial charge in [0.1, 0.15) is 5.75 Å². The predicted octanol–water partition coefficient (Wildman–Crippen LogP) is 3.17. The van der Waals surface area contributed by atoms with Crippen molar-refractivity contribution in [1.29, 1.82) is 0 Å². The SMILES string of the molecule is CC(C)(C)c1cc2c(O)cccc2[nH]1. The first kappa shape index (κ1) is 9.13. The Bertz CT molecular complexity index is 463. The number of aromatic hydroxyl groups is 1. The summed E-state index contributed by atoms with van der Waals surface area (Å²) >= 11 is 0. The standard InChI is InChI=1S/C12H15NO/c1-12(2,3)11-7-8-9(13-11)5-4-6-10(8)14/h4-7,13-14H,1-3H3. The minimum absolute atomic E-state index is 0.0887. The number of benzene rings is 1. The molecule has 2 N–H and O–H groups in total. The van der Waals surface area contributed by atoms with Crippen molar-refractivity contribution in [3.05, 3.63) is 30.0 Å². The van der Waals surface area contributed by atoms with Gasteiger partial charge in [-0.2, -0.15) is 0 Å². The van der Waals surface area contributed by atoms with Crippen molar-refractivity contribution in [2.24, 2.45) is 0 Å². The largest absolute Gasteiger partial charge is 0.507 e. The van der Waals surface area contributed by atoms with Crippen molar-refractivity contribution in [2.75, 3.05) is 0 Å². The molecule has 2 nitrogen and oxygen atoms in total. The van der Waals surface area contributed by atoms with Gasteiger partial charge in [0.25, 0.3) is 0 Å². The minimum atomic E-state index is 0.0887. The number of hydrogen-bond donors (Lipinski definition) is 2. The van der Waals surface area contributed by atoms with Crippen LogP contribution in [-0.4, -0.2) is 10.1 Å². The molecule has 0 fully saturated rings. The van der Waals surface area contributed by atoms with Crippen LogP contribution in [0.2, 0.25) is 0 Å². The Kier molecular flexibility index (Phi) is 1.81. The molecular formula is C12H15NO. The average Bonchev–Trinajstić information content (AvgIpc) is 2.48. The van der Waals surface area contributed by atoms with Crippen LogP contribution >= 0.6 is 0 Å². The Morgan fingerprint density at radius 2 is 1.93 bits per heavy atom. The number of hydrogen-bond acceptors (Lipinski definition) is 1. The predicted molar refractivity (Wildman–Crippen MR) is 58.7 cm³/mol. The van der Waals surface area contributed by atoms with Crippen molar-refractivity contribution in [2.45, 2.75) is 26.2 Å². The van der Waals surface area contributed by atoms with Gasteiger partial charge in [-0.25, -0.2) is 0 Å². The molecule has 2 heteroatoms. The van der Waals surface area contributed by atoms with Gasteiger partial charge in [-0.3, -0.25) is 0 Å². The lowest BCUT2D eigenvalue weighted by Crippen LogP contribution is -2.10. The van der Waals surface area contributed by atoms with Crippen LogP contribution < -0.4 is 0 Å². The van der Waals surface area contributed by atoms with Crippen LogP contribution in [0.3, 0.4) is 0 Å². The first-order valence-corrected chi connectivity index (χ1v) is 4.79. The van der Waals surface area contributed by atoms with Gasteiger partial charge in [0.15, 0.2) is 0 Å². The molecule has 0 saturated heterocycles. The van der Waals surface area contributed by atoms with E-state index in [1.54, 1.807) is 6.07 Å². The van der Waals surface area contributed by atoms with E-state index in [-0.39, 0.29) is 5.41 Å². The summed E-state index contributed by atoms with van der Waals surface area (Å²) < 4.78 is 0. The second kappa shape index (κ2) is 2.77. The van der Waals surface area contributed by atoms with E-state index in [1.165, 1.54) is 0 Å². The van der Waals surface area contributed by atoms with Crippen LogP contribution in [-0.2, 0) is 5.41 Å².